The zero-order valence-electron chi connectivity index (χ0n) is 9.91. The van der Waals surface area contributed by atoms with E-state index in [-0.39, 0.29) is 18.0 Å². The van der Waals surface area contributed by atoms with Crippen LogP contribution in [0.4, 0.5) is 8.78 Å². The van der Waals surface area contributed by atoms with Crippen molar-refractivity contribution >= 4 is 5.78 Å². The van der Waals surface area contributed by atoms with E-state index in [1.54, 1.807) is 25.1 Å². The van der Waals surface area contributed by atoms with Gasteiger partial charge in [-0.3, -0.25) is 4.79 Å². The summed E-state index contributed by atoms with van der Waals surface area (Å²) in [7, 11) is 0. The Hall–Kier alpha value is -2.03. The molecule has 2 rings (SSSR count). The van der Waals surface area contributed by atoms with Crippen LogP contribution in [0.5, 0.6) is 0 Å². The summed E-state index contributed by atoms with van der Waals surface area (Å²) in [6.07, 6.45) is 0.0701. The lowest BCUT2D eigenvalue weighted by Gasteiger charge is -2.03. The fraction of sp³-hybridized carbons (Fsp3) is 0.133. The number of Topliss-reactive ketones (excluding diaryl/α,β-unsaturated/α-hetero) is 1. The van der Waals surface area contributed by atoms with Crippen LogP contribution in [0.3, 0.4) is 0 Å². The van der Waals surface area contributed by atoms with Crippen LogP contribution < -0.4 is 0 Å². The summed E-state index contributed by atoms with van der Waals surface area (Å²) in [4.78, 5) is 11.9. The average molecular weight is 246 g/mol. The molecule has 0 aliphatic rings. The highest BCUT2D eigenvalue weighted by molar-refractivity contribution is 5.97. The van der Waals surface area contributed by atoms with E-state index in [1.807, 2.05) is 0 Å². The molecule has 0 aromatic heterocycles. The average Bonchev–Trinajstić information content (AvgIpc) is 2.27. The standard InChI is InChI=1S/C15H12F2O/c1-10-5-12(9-14(17)6-10)15(18)8-11-3-2-4-13(16)7-11/h2-7,9H,8H2,1H3. The minimum atomic E-state index is -0.433. The first-order valence-corrected chi connectivity index (χ1v) is 5.59. The van der Waals surface area contributed by atoms with Gasteiger partial charge >= 0.3 is 0 Å². The number of benzene rings is 2. The quantitative estimate of drug-likeness (QED) is 0.755. The van der Waals surface area contributed by atoms with Gasteiger partial charge in [-0.1, -0.05) is 12.1 Å². The smallest absolute Gasteiger partial charge is 0.167 e. The Labute approximate surface area is 104 Å². The lowest BCUT2D eigenvalue weighted by molar-refractivity contribution is 0.0992. The van der Waals surface area contributed by atoms with E-state index in [2.05, 4.69) is 0 Å². The maximum absolute atomic E-state index is 13.2. The van der Waals surface area contributed by atoms with Crippen molar-refractivity contribution in [2.75, 3.05) is 0 Å². The number of rotatable bonds is 3. The summed E-state index contributed by atoms with van der Waals surface area (Å²) in [6, 6.07) is 10.0. The molecule has 2 aromatic carbocycles. The van der Waals surface area contributed by atoms with Crippen molar-refractivity contribution < 1.29 is 13.6 Å². The molecule has 0 N–H and O–H groups in total. The SMILES string of the molecule is Cc1cc(F)cc(C(=O)Cc2cccc(F)c2)c1. The van der Waals surface area contributed by atoms with Gasteiger partial charge in [-0.25, -0.2) is 8.78 Å². The fourth-order valence-electron chi connectivity index (χ4n) is 1.83. The van der Waals surface area contributed by atoms with Crippen molar-refractivity contribution in [3.8, 4) is 0 Å². The summed E-state index contributed by atoms with van der Waals surface area (Å²) in [5.74, 6) is -1.03. The molecule has 0 aliphatic heterocycles. The van der Waals surface area contributed by atoms with E-state index in [4.69, 9.17) is 0 Å². The molecule has 0 bridgehead atoms. The first-order valence-electron chi connectivity index (χ1n) is 5.59. The number of halogens is 2. The molecule has 0 heterocycles. The largest absolute Gasteiger partial charge is 0.294 e. The molecule has 0 saturated carbocycles. The molecule has 0 atom stereocenters. The third kappa shape index (κ3) is 3.00. The van der Waals surface area contributed by atoms with Crippen LogP contribution in [0.15, 0.2) is 42.5 Å². The van der Waals surface area contributed by atoms with Crippen LogP contribution in [0, 0.1) is 18.6 Å². The highest BCUT2D eigenvalue weighted by atomic mass is 19.1. The van der Waals surface area contributed by atoms with E-state index in [9.17, 15) is 13.6 Å². The topological polar surface area (TPSA) is 17.1 Å². The van der Waals surface area contributed by atoms with Crippen LogP contribution in [0.2, 0.25) is 0 Å². The van der Waals surface area contributed by atoms with Crippen LogP contribution in [0.1, 0.15) is 21.5 Å². The number of carbonyl (C=O) groups excluding carboxylic acids is 1. The summed E-state index contributed by atoms with van der Waals surface area (Å²) in [5, 5.41) is 0. The summed E-state index contributed by atoms with van der Waals surface area (Å²) in [6.45, 7) is 1.72. The molecule has 1 nitrogen and oxygen atoms in total. The Morgan fingerprint density at radius 2 is 1.83 bits per heavy atom. The highest BCUT2D eigenvalue weighted by Gasteiger charge is 2.09. The number of carbonyl (C=O) groups is 1. The maximum atomic E-state index is 13.2. The Kier molecular flexibility index (Phi) is 3.51. The van der Waals surface area contributed by atoms with Gasteiger partial charge in [0.05, 0.1) is 0 Å². The van der Waals surface area contributed by atoms with Crippen molar-refractivity contribution in [1.29, 1.82) is 0 Å². The summed E-state index contributed by atoms with van der Waals surface area (Å²) >= 11 is 0. The van der Waals surface area contributed by atoms with Gasteiger partial charge in [-0.2, -0.15) is 0 Å². The summed E-state index contributed by atoms with van der Waals surface area (Å²) < 4.78 is 26.2. The Morgan fingerprint density at radius 1 is 1.06 bits per heavy atom. The third-order valence-electron chi connectivity index (χ3n) is 2.62. The molecule has 0 radical (unpaired) electrons. The number of hydrogen-bond donors (Lipinski definition) is 0. The van der Waals surface area contributed by atoms with Crippen molar-refractivity contribution in [3.63, 3.8) is 0 Å². The van der Waals surface area contributed by atoms with Gasteiger partial charge in [-0.05, 0) is 48.4 Å². The van der Waals surface area contributed by atoms with Gasteiger partial charge < -0.3 is 0 Å². The van der Waals surface area contributed by atoms with Crippen LogP contribution in [0.25, 0.3) is 0 Å². The molecule has 0 saturated heterocycles. The Morgan fingerprint density at radius 3 is 2.50 bits per heavy atom. The van der Waals surface area contributed by atoms with Gasteiger partial charge in [0.25, 0.3) is 0 Å². The molecular weight excluding hydrogens is 234 g/mol. The number of hydrogen-bond acceptors (Lipinski definition) is 1. The van der Waals surface area contributed by atoms with Gasteiger partial charge in [0, 0.05) is 12.0 Å². The third-order valence-corrected chi connectivity index (χ3v) is 2.62. The van der Waals surface area contributed by atoms with E-state index < -0.39 is 5.82 Å². The van der Waals surface area contributed by atoms with E-state index in [0.29, 0.717) is 16.7 Å². The predicted octanol–water partition coefficient (Wildman–Crippen LogP) is 3.70. The predicted molar refractivity (Wildman–Crippen MR) is 65.6 cm³/mol. The highest BCUT2D eigenvalue weighted by Crippen LogP contribution is 2.12. The molecule has 0 fully saturated rings. The van der Waals surface area contributed by atoms with Crippen molar-refractivity contribution in [3.05, 3.63) is 70.8 Å². The lowest BCUT2D eigenvalue weighted by atomic mass is 10.0. The second kappa shape index (κ2) is 5.08. The number of ketones is 1. The molecule has 0 amide bonds. The molecular formula is C15H12F2O. The molecule has 18 heavy (non-hydrogen) atoms. The van der Waals surface area contributed by atoms with E-state index >= 15 is 0 Å². The second-order valence-corrected chi connectivity index (χ2v) is 4.25. The molecule has 0 aliphatic carbocycles. The molecule has 92 valence electrons. The lowest BCUT2D eigenvalue weighted by Crippen LogP contribution is -2.04. The first kappa shape index (κ1) is 12.4. The Bertz CT molecular complexity index is 571. The first-order chi connectivity index (χ1) is 8.54. The molecule has 3 heteroatoms. The van der Waals surface area contributed by atoms with Crippen molar-refractivity contribution in [2.24, 2.45) is 0 Å². The maximum Gasteiger partial charge on any atom is 0.167 e. The normalized spacial score (nSPS) is 10.4. The number of aryl methyl sites for hydroxylation is 1. The van der Waals surface area contributed by atoms with Gasteiger partial charge in [0.2, 0.25) is 0 Å². The van der Waals surface area contributed by atoms with Crippen LogP contribution >= 0.6 is 0 Å². The van der Waals surface area contributed by atoms with Crippen molar-refractivity contribution in [1.82, 2.24) is 0 Å². The van der Waals surface area contributed by atoms with Crippen LogP contribution in [-0.2, 0) is 6.42 Å². The van der Waals surface area contributed by atoms with E-state index in [1.165, 1.54) is 24.3 Å². The fourth-order valence-corrected chi connectivity index (χ4v) is 1.83. The zero-order valence-corrected chi connectivity index (χ0v) is 9.91. The monoisotopic (exact) mass is 246 g/mol. The van der Waals surface area contributed by atoms with Gasteiger partial charge in [0.1, 0.15) is 11.6 Å². The van der Waals surface area contributed by atoms with Crippen LogP contribution in [-0.4, -0.2) is 5.78 Å². The minimum absolute atomic E-state index is 0.0701. The zero-order chi connectivity index (χ0) is 13.1. The minimum Gasteiger partial charge on any atom is -0.294 e. The Balaban J connectivity index is 2.22. The van der Waals surface area contributed by atoms with Gasteiger partial charge in [0.15, 0.2) is 5.78 Å². The molecule has 0 unspecified atom stereocenters. The molecule has 0 spiro atoms. The molecule has 2 aromatic rings. The van der Waals surface area contributed by atoms with Crippen molar-refractivity contribution in [2.45, 2.75) is 13.3 Å². The summed E-state index contributed by atoms with van der Waals surface area (Å²) in [5.41, 5.74) is 1.59. The van der Waals surface area contributed by atoms with Gasteiger partial charge in [-0.15, -0.1) is 0 Å². The van der Waals surface area contributed by atoms with E-state index in [0.717, 1.165) is 0 Å². The second-order valence-electron chi connectivity index (χ2n) is 4.25.